The molecule has 0 heterocycles. The maximum atomic E-state index is 5.65. The van der Waals surface area contributed by atoms with E-state index in [1.807, 2.05) is 0 Å². The molecule has 0 aromatic carbocycles. The van der Waals surface area contributed by atoms with Crippen molar-refractivity contribution in [2.24, 2.45) is 0 Å². The van der Waals surface area contributed by atoms with Gasteiger partial charge in [0.05, 0.1) is 12.7 Å². The van der Waals surface area contributed by atoms with Crippen molar-refractivity contribution in [3.05, 3.63) is 11.6 Å². The summed E-state index contributed by atoms with van der Waals surface area (Å²) in [6.07, 6.45) is 5.65. The molecule has 0 atom stereocenters. The van der Waals surface area contributed by atoms with Crippen molar-refractivity contribution in [2.45, 2.75) is 31.8 Å². The molecule has 13 heavy (non-hydrogen) atoms. The van der Waals surface area contributed by atoms with Gasteiger partial charge in [-0.15, -0.1) is 0 Å². The molecule has 0 amide bonds. The molecular formula is C10H18ClNO. The van der Waals surface area contributed by atoms with Crippen molar-refractivity contribution in [3.63, 3.8) is 0 Å². The highest BCUT2D eigenvalue weighted by Crippen LogP contribution is 2.20. The zero-order valence-corrected chi connectivity index (χ0v) is 8.78. The molecule has 0 spiro atoms. The molecular weight excluding hydrogens is 186 g/mol. The lowest BCUT2D eigenvalue weighted by molar-refractivity contribution is 0.0608. The number of ether oxygens (including phenoxy) is 1. The van der Waals surface area contributed by atoms with Crippen molar-refractivity contribution < 1.29 is 4.74 Å². The Morgan fingerprint density at radius 3 is 2.77 bits per heavy atom. The maximum absolute atomic E-state index is 5.65. The normalized spacial score (nSPS) is 17.9. The van der Waals surface area contributed by atoms with Gasteiger partial charge in [0.15, 0.2) is 0 Å². The van der Waals surface area contributed by atoms with E-state index < -0.39 is 0 Å². The summed E-state index contributed by atoms with van der Waals surface area (Å²) >= 11 is 5.59. The number of rotatable bonds is 6. The van der Waals surface area contributed by atoms with Gasteiger partial charge in [-0.3, -0.25) is 0 Å². The summed E-state index contributed by atoms with van der Waals surface area (Å²) in [5.74, 6) is 0. The molecule has 0 aromatic heterocycles. The van der Waals surface area contributed by atoms with Gasteiger partial charge in [0.2, 0.25) is 0 Å². The SMILES string of the molecule is C=C(Cl)CNCCOC1CCCC1. The lowest BCUT2D eigenvalue weighted by atomic mass is 10.3. The average molecular weight is 204 g/mol. The van der Waals surface area contributed by atoms with Crippen molar-refractivity contribution in [3.8, 4) is 0 Å². The first kappa shape index (κ1) is 11.0. The Balaban J connectivity index is 1.86. The van der Waals surface area contributed by atoms with Crippen LogP contribution in [0, 0.1) is 0 Å². The molecule has 76 valence electrons. The lowest BCUT2D eigenvalue weighted by Gasteiger charge is -2.10. The Morgan fingerprint density at radius 2 is 2.15 bits per heavy atom. The van der Waals surface area contributed by atoms with Gasteiger partial charge in [0.25, 0.3) is 0 Å². The van der Waals surface area contributed by atoms with Gasteiger partial charge in [0, 0.05) is 18.1 Å². The zero-order valence-electron chi connectivity index (χ0n) is 8.02. The van der Waals surface area contributed by atoms with E-state index in [4.69, 9.17) is 16.3 Å². The third kappa shape index (κ3) is 5.29. The van der Waals surface area contributed by atoms with E-state index in [0.29, 0.717) is 17.7 Å². The Hall–Kier alpha value is -0.0500. The minimum Gasteiger partial charge on any atom is -0.377 e. The molecule has 0 bridgehead atoms. The van der Waals surface area contributed by atoms with E-state index in [1.165, 1.54) is 25.7 Å². The van der Waals surface area contributed by atoms with Crippen LogP contribution in [0.5, 0.6) is 0 Å². The first-order valence-corrected chi connectivity index (χ1v) is 5.32. The average Bonchev–Trinajstić information content (AvgIpc) is 2.55. The monoisotopic (exact) mass is 203 g/mol. The first-order valence-electron chi connectivity index (χ1n) is 4.94. The molecule has 0 aromatic rings. The van der Waals surface area contributed by atoms with Gasteiger partial charge in [-0.05, 0) is 12.8 Å². The first-order chi connectivity index (χ1) is 6.29. The summed E-state index contributed by atoms with van der Waals surface area (Å²) in [6, 6.07) is 0. The predicted molar refractivity (Wildman–Crippen MR) is 56.1 cm³/mol. The van der Waals surface area contributed by atoms with Gasteiger partial charge in [-0.25, -0.2) is 0 Å². The van der Waals surface area contributed by atoms with Crippen molar-refractivity contribution in [1.82, 2.24) is 5.32 Å². The molecule has 0 unspecified atom stereocenters. The lowest BCUT2D eigenvalue weighted by Crippen LogP contribution is -2.23. The molecule has 0 radical (unpaired) electrons. The highest BCUT2D eigenvalue weighted by atomic mass is 35.5. The minimum absolute atomic E-state index is 0.515. The summed E-state index contributed by atoms with van der Waals surface area (Å²) in [5, 5.41) is 3.81. The standard InChI is InChI=1S/C10H18ClNO/c1-9(11)8-12-6-7-13-10-4-2-3-5-10/h10,12H,1-8H2. The van der Waals surface area contributed by atoms with Crippen LogP contribution in [0.15, 0.2) is 11.6 Å². The number of nitrogens with one attached hydrogen (secondary N) is 1. The fourth-order valence-corrected chi connectivity index (χ4v) is 1.67. The number of halogens is 1. The summed E-state index contributed by atoms with van der Waals surface area (Å²) in [7, 11) is 0. The molecule has 1 fully saturated rings. The Labute approximate surface area is 85.3 Å². The summed E-state index contributed by atoms with van der Waals surface area (Å²) in [4.78, 5) is 0. The van der Waals surface area contributed by atoms with Crippen LogP contribution in [0.25, 0.3) is 0 Å². The summed E-state index contributed by atoms with van der Waals surface area (Å²) in [6.45, 7) is 5.92. The second-order valence-electron chi connectivity index (χ2n) is 3.47. The predicted octanol–water partition coefficient (Wildman–Crippen LogP) is 2.29. The van der Waals surface area contributed by atoms with Crippen LogP contribution in [0.1, 0.15) is 25.7 Å². The van der Waals surface area contributed by atoms with Crippen LogP contribution in [0.2, 0.25) is 0 Å². The largest absolute Gasteiger partial charge is 0.377 e. The van der Waals surface area contributed by atoms with Crippen molar-refractivity contribution in [1.29, 1.82) is 0 Å². The Kier molecular flexibility index (Phi) is 5.44. The van der Waals surface area contributed by atoms with Crippen LogP contribution in [0.3, 0.4) is 0 Å². The van der Waals surface area contributed by atoms with E-state index in [2.05, 4.69) is 11.9 Å². The van der Waals surface area contributed by atoms with E-state index in [0.717, 1.165) is 13.2 Å². The highest BCUT2D eigenvalue weighted by Gasteiger charge is 2.14. The van der Waals surface area contributed by atoms with Crippen LogP contribution >= 0.6 is 11.6 Å². The van der Waals surface area contributed by atoms with Crippen LogP contribution in [-0.2, 0) is 4.74 Å². The fraction of sp³-hybridized carbons (Fsp3) is 0.800. The topological polar surface area (TPSA) is 21.3 Å². The molecule has 0 aliphatic heterocycles. The van der Waals surface area contributed by atoms with Crippen molar-refractivity contribution >= 4 is 11.6 Å². The number of hydrogen-bond acceptors (Lipinski definition) is 2. The number of hydrogen-bond donors (Lipinski definition) is 1. The third-order valence-electron chi connectivity index (χ3n) is 2.25. The van der Waals surface area contributed by atoms with Crippen LogP contribution < -0.4 is 5.32 Å². The summed E-state index contributed by atoms with van der Waals surface area (Å²) in [5.41, 5.74) is 0. The summed E-state index contributed by atoms with van der Waals surface area (Å²) < 4.78 is 5.65. The molecule has 1 aliphatic carbocycles. The second kappa shape index (κ2) is 6.41. The molecule has 1 saturated carbocycles. The van der Waals surface area contributed by atoms with Crippen molar-refractivity contribution in [2.75, 3.05) is 19.7 Å². The Bertz CT molecular complexity index is 155. The quantitative estimate of drug-likeness (QED) is 0.669. The van der Waals surface area contributed by atoms with E-state index in [9.17, 15) is 0 Å². The molecule has 1 N–H and O–H groups in total. The van der Waals surface area contributed by atoms with E-state index >= 15 is 0 Å². The maximum Gasteiger partial charge on any atom is 0.0594 e. The third-order valence-corrected chi connectivity index (χ3v) is 2.39. The highest BCUT2D eigenvalue weighted by molar-refractivity contribution is 6.29. The van der Waals surface area contributed by atoms with Gasteiger partial charge in [-0.2, -0.15) is 0 Å². The molecule has 0 saturated heterocycles. The Morgan fingerprint density at radius 1 is 1.46 bits per heavy atom. The van der Waals surface area contributed by atoms with E-state index in [1.54, 1.807) is 0 Å². The van der Waals surface area contributed by atoms with E-state index in [-0.39, 0.29) is 0 Å². The second-order valence-corrected chi connectivity index (χ2v) is 4.01. The van der Waals surface area contributed by atoms with Crippen LogP contribution in [-0.4, -0.2) is 25.8 Å². The van der Waals surface area contributed by atoms with Gasteiger partial charge in [0.1, 0.15) is 0 Å². The minimum atomic E-state index is 0.515. The van der Waals surface area contributed by atoms with Gasteiger partial charge < -0.3 is 10.1 Å². The smallest absolute Gasteiger partial charge is 0.0594 e. The zero-order chi connectivity index (χ0) is 9.52. The fourth-order valence-electron chi connectivity index (χ4n) is 1.58. The molecule has 1 aliphatic rings. The molecule has 2 nitrogen and oxygen atoms in total. The van der Waals surface area contributed by atoms with Gasteiger partial charge >= 0.3 is 0 Å². The molecule has 3 heteroatoms. The van der Waals surface area contributed by atoms with Crippen LogP contribution in [0.4, 0.5) is 0 Å². The molecule has 1 rings (SSSR count). The van der Waals surface area contributed by atoms with Gasteiger partial charge in [-0.1, -0.05) is 31.0 Å².